The average Bonchev–Trinajstić information content (AvgIpc) is 2.60. The monoisotopic (exact) mass is 345 g/mol. The molecule has 0 bridgehead atoms. The molecule has 3 nitrogen and oxygen atoms in total. The summed E-state index contributed by atoms with van der Waals surface area (Å²) >= 11 is 0. The molecule has 1 N–H and O–H groups in total. The van der Waals surface area contributed by atoms with Crippen LogP contribution < -0.4 is 10.1 Å². The van der Waals surface area contributed by atoms with E-state index in [1.54, 1.807) is 12.1 Å². The summed E-state index contributed by atoms with van der Waals surface area (Å²) in [6, 6.07) is 15.5. The van der Waals surface area contributed by atoms with Gasteiger partial charge in [-0.3, -0.25) is 4.79 Å². The number of anilines is 1. The number of carbonyl (C=O) groups is 1. The van der Waals surface area contributed by atoms with Gasteiger partial charge < -0.3 is 10.1 Å². The molecule has 0 aliphatic heterocycles. The largest absolute Gasteiger partial charge is 0.496 e. The molecule has 0 atom stereocenters. The predicted molar refractivity (Wildman–Crippen MR) is 89.9 cm³/mol. The Morgan fingerprint density at radius 3 is 2.20 bits per heavy atom. The third-order valence-corrected chi connectivity index (χ3v) is 3.79. The highest BCUT2D eigenvalue weighted by molar-refractivity contribution is 6.09. The maximum Gasteiger partial charge on any atom is 0.418 e. The SMILES string of the molecule is COc1cc2ccccc2cc1C(=O)Nc1ccccc1C(F)(F)F. The highest BCUT2D eigenvalue weighted by Gasteiger charge is 2.33. The molecule has 0 aliphatic rings. The molecule has 0 unspecified atom stereocenters. The van der Waals surface area contributed by atoms with Crippen molar-refractivity contribution in [1.82, 2.24) is 0 Å². The Labute approximate surface area is 142 Å². The lowest BCUT2D eigenvalue weighted by atomic mass is 10.0. The van der Waals surface area contributed by atoms with Gasteiger partial charge in [-0.05, 0) is 35.0 Å². The molecule has 128 valence electrons. The number of carbonyl (C=O) groups excluding carboxylic acids is 1. The molecule has 0 heterocycles. The van der Waals surface area contributed by atoms with Gasteiger partial charge in [0.2, 0.25) is 0 Å². The maximum absolute atomic E-state index is 13.1. The van der Waals surface area contributed by atoms with E-state index < -0.39 is 17.6 Å². The molecular weight excluding hydrogens is 331 g/mol. The van der Waals surface area contributed by atoms with E-state index in [-0.39, 0.29) is 11.3 Å². The van der Waals surface area contributed by atoms with Crippen LogP contribution in [-0.4, -0.2) is 13.0 Å². The number of rotatable bonds is 3. The van der Waals surface area contributed by atoms with Crippen LogP contribution >= 0.6 is 0 Å². The van der Waals surface area contributed by atoms with Crippen LogP contribution in [0.5, 0.6) is 5.75 Å². The van der Waals surface area contributed by atoms with Crippen LogP contribution in [0.1, 0.15) is 15.9 Å². The molecule has 0 aromatic heterocycles. The zero-order valence-corrected chi connectivity index (χ0v) is 13.2. The molecule has 0 saturated carbocycles. The number of benzene rings is 3. The molecule has 3 aromatic rings. The lowest BCUT2D eigenvalue weighted by Crippen LogP contribution is -2.17. The minimum absolute atomic E-state index is 0.165. The van der Waals surface area contributed by atoms with Gasteiger partial charge in [-0.25, -0.2) is 0 Å². The number of methoxy groups -OCH3 is 1. The molecule has 25 heavy (non-hydrogen) atoms. The quantitative estimate of drug-likeness (QED) is 0.715. The molecule has 3 rings (SSSR count). The number of ether oxygens (including phenoxy) is 1. The standard InChI is InChI=1S/C19H14F3NO2/c1-25-17-11-13-7-3-2-6-12(13)10-14(17)18(24)23-16-9-5-4-8-15(16)19(20,21)22/h2-11H,1H3,(H,23,24). The van der Waals surface area contributed by atoms with E-state index in [0.717, 1.165) is 16.8 Å². The van der Waals surface area contributed by atoms with E-state index in [0.29, 0.717) is 5.75 Å². The summed E-state index contributed by atoms with van der Waals surface area (Å²) in [7, 11) is 1.41. The van der Waals surface area contributed by atoms with Crippen molar-refractivity contribution in [2.45, 2.75) is 6.18 Å². The maximum atomic E-state index is 13.1. The van der Waals surface area contributed by atoms with Gasteiger partial charge in [0, 0.05) is 0 Å². The zero-order valence-electron chi connectivity index (χ0n) is 13.2. The number of amides is 1. The first-order chi connectivity index (χ1) is 11.9. The zero-order chi connectivity index (χ0) is 18.0. The lowest BCUT2D eigenvalue weighted by Gasteiger charge is -2.15. The third-order valence-electron chi connectivity index (χ3n) is 3.79. The fraction of sp³-hybridized carbons (Fsp3) is 0.105. The van der Waals surface area contributed by atoms with Gasteiger partial charge in [0.15, 0.2) is 0 Å². The van der Waals surface area contributed by atoms with Gasteiger partial charge in [-0.2, -0.15) is 13.2 Å². The van der Waals surface area contributed by atoms with Crippen LogP contribution in [0.4, 0.5) is 18.9 Å². The van der Waals surface area contributed by atoms with E-state index >= 15 is 0 Å². The molecule has 0 fully saturated rings. The number of fused-ring (bicyclic) bond motifs is 1. The Morgan fingerprint density at radius 2 is 1.56 bits per heavy atom. The van der Waals surface area contributed by atoms with Crippen molar-refractivity contribution in [3.8, 4) is 5.75 Å². The van der Waals surface area contributed by atoms with Crippen LogP contribution in [0.25, 0.3) is 10.8 Å². The van der Waals surface area contributed by atoms with Gasteiger partial charge in [0.1, 0.15) is 5.75 Å². The first-order valence-electron chi connectivity index (χ1n) is 7.44. The normalized spacial score (nSPS) is 11.4. The van der Waals surface area contributed by atoms with Crippen LogP contribution in [0.15, 0.2) is 60.7 Å². The van der Waals surface area contributed by atoms with E-state index in [9.17, 15) is 18.0 Å². The van der Waals surface area contributed by atoms with Crippen LogP contribution in [0.3, 0.4) is 0 Å². The average molecular weight is 345 g/mol. The Morgan fingerprint density at radius 1 is 0.960 bits per heavy atom. The Balaban J connectivity index is 2.01. The number of hydrogen-bond donors (Lipinski definition) is 1. The Kier molecular flexibility index (Phi) is 4.35. The second kappa shape index (κ2) is 6.47. The van der Waals surface area contributed by atoms with Gasteiger partial charge in [-0.1, -0.05) is 36.4 Å². The number of hydrogen-bond acceptors (Lipinski definition) is 2. The minimum atomic E-state index is -4.56. The van der Waals surface area contributed by atoms with Crippen molar-refractivity contribution in [1.29, 1.82) is 0 Å². The summed E-state index contributed by atoms with van der Waals surface area (Å²) < 4.78 is 44.5. The van der Waals surface area contributed by atoms with Crippen molar-refractivity contribution < 1.29 is 22.7 Å². The smallest absolute Gasteiger partial charge is 0.418 e. The van der Waals surface area contributed by atoms with E-state index in [1.165, 1.54) is 25.3 Å². The minimum Gasteiger partial charge on any atom is -0.496 e. The molecule has 0 radical (unpaired) electrons. The number of nitrogens with one attached hydrogen (secondary N) is 1. The highest BCUT2D eigenvalue weighted by atomic mass is 19.4. The molecule has 6 heteroatoms. The predicted octanol–water partition coefficient (Wildman–Crippen LogP) is 5.12. The van der Waals surface area contributed by atoms with Crippen LogP contribution in [0.2, 0.25) is 0 Å². The molecular formula is C19H14F3NO2. The van der Waals surface area contributed by atoms with Crippen molar-refractivity contribution >= 4 is 22.4 Å². The van der Waals surface area contributed by atoms with Crippen LogP contribution in [-0.2, 0) is 6.18 Å². The molecule has 1 amide bonds. The number of halogens is 3. The van der Waals surface area contributed by atoms with Gasteiger partial charge >= 0.3 is 6.18 Å². The summed E-state index contributed by atoms with van der Waals surface area (Å²) in [5.74, 6) is -0.375. The van der Waals surface area contributed by atoms with E-state index in [4.69, 9.17) is 4.74 Å². The second-order valence-electron chi connectivity index (χ2n) is 5.40. The Bertz CT molecular complexity index is 935. The third kappa shape index (κ3) is 3.42. The summed E-state index contributed by atoms with van der Waals surface area (Å²) in [5, 5.41) is 3.99. The van der Waals surface area contributed by atoms with Crippen molar-refractivity contribution in [3.63, 3.8) is 0 Å². The molecule has 3 aromatic carbocycles. The second-order valence-corrected chi connectivity index (χ2v) is 5.40. The Hall–Kier alpha value is -3.02. The highest BCUT2D eigenvalue weighted by Crippen LogP contribution is 2.35. The van der Waals surface area contributed by atoms with Crippen LogP contribution in [0, 0.1) is 0 Å². The summed E-state index contributed by atoms with van der Waals surface area (Å²) in [6.07, 6.45) is -4.56. The fourth-order valence-corrected chi connectivity index (χ4v) is 2.59. The number of para-hydroxylation sites is 1. The van der Waals surface area contributed by atoms with Gasteiger partial charge in [0.05, 0.1) is 23.9 Å². The van der Waals surface area contributed by atoms with E-state index in [2.05, 4.69) is 5.32 Å². The topological polar surface area (TPSA) is 38.3 Å². The summed E-state index contributed by atoms with van der Waals surface area (Å²) in [6.45, 7) is 0. The molecule has 0 saturated heterocycles. The molecule has 0 aliphatic carbocycles. The van der Waals surface area contributed by atoms with Crippen molar-refractivity contribution in [2.24, 2.45) is 0 Å². The van der Waals surface area contributed by atoms with Crippen molar-refractivity contribution in [3.05, 3.63) is 71.8 Å². The van der Waals surface area contributed by atoms with Gasteiger partial charge in [-0.15, -0.1) is 0 Å². The summed E-state index contributed by atoms with van der Waals surface area (Å²) in [5.41, 5.74) is -1.03. The first kappa shape index (κ1) is 16.8. The van der Waals surface area contributed by atoms with Crippen molar-refractivity contribution in [2.75, 3.05) is 12.4 Å². The lowest BCUT2D eigenvalue weighted by molar-refractivity contribution is -0.136. The fourth-order valence-electron chi connectivity index (χ4n) is 2.59. The molecule has 0 spiro atoms. The summed E-state index contributed by atoms with van der Waals surface area (Å²) in [4.78, 5) is 12.6. The van der Waals surface area contributed by atoms with E-state index in [1.807, 2.05) is 24.3 Å². The number of alkyl halides is 3. The van der Waals surface area contributed by atoms with Gasteiger partial charge in [0.25, 0.3) is 5.91 Å². The first-order valence-corrected chi connectivity index (χ1v) is 7.44.